The zero-order valence-electron chi connectivity index (χ0n) is 13.3. The number of aryl methyl sites for hydroxylation is 2. The van der Waals surface area contributed by atoms with Crippen molar-refractivity contribution in [3.8, 4) is 0 Å². The summed E-state index contributed by atoms with van der Waals surface area (Å²) in [6.07, 6.45) is 2.78. The van der Waals surface area contributed by atoms with Crippen LogP contribution in [0.15, 0.2) is 37.7 Å². The highest BCUT2D eigenvalue weighted by molar-refractivity contribution is 6.13. The molecule has 1 fully saturated rings. The Balaban J connectivity index is 1.62. The summed E-state index contributed by atoms with van der Waals surface area (Å²) in [5, 5.41) is 0. The first-order valence-corrected chi connectivity index (χ1v) is 7.71. The Morgan fingerprint density at radius 1 is 1.26 bits per heavy atom. The number of rotatable bonds is 3. The molecular formula is C18H17NO4. The van der Waals surface area contributed by atoms with Crippen LogP contribution in [-0.4, -0.2) is 11.9 Å². The topological polar surface area (TPSA) is 64.9 Å². The maximum Gasteiger partial charge on any atom is 0.363 e. The van der Waals surface area contributed by atoms with Crippen molar-refractivity contribution in [1.29, 1.82) is 0 Å². The summed E-state index contributed by atoms with van der Waals surface area (Å²) in [5.41, 5.74) is 0.939. The van der Waals surface area contributed by atoms with Gasteiger partial charge in [-0.3, -0.25) is 0 Å². The molecule has 0 aromatic carbocycles. The number of aliphatic imine (C=N–C) groups is 1. The average Bonchev–Trinajstić information content (AvgIpc) is 2.86. The van der Waals surface area contributed by atoms with Gasteiger partial charge in [0.2, 0.25) is 5.90 Å². The molecule has 2 aromatic heterocycles. The van der Waals surface area contributed by atoms with E-state index >= 15 is 0 Å². The molecule has 0 radical (unpaired) electrons. The number of cyclic esters (lactones) is 1. The predicted molar refractivity (Wildman–Crippen MR) is 84.0 cm³/mol. The number of nitrogens with zero attached hydrogens (tertiary/aromatic N) is 1. The fraction of sp³-hybridized carbons (Fsp3) is 0.333. The summed E-state index contributed by atoms with van der Waals surface area (Å²) >= 11 is 0. The standard InChI is InChI=1S/C18H17NO4/c1-9-6-13(9)16-5-4-12(22-16)8-15-18(20)23-17(19-15)14-7-10(2)21-11(14)3/h4-5,7-9,13H,6H2,1-3H3/b15-8-. The van der Waals surface area contributed by atoms with E-state index in [0.29, 0.717) is 28.9 Å². The Morgan fingerprint density at radius 3 is 2.70 bits per heavy atom. The summed E-state index contributed by atoms with van der Waals surface area (Å²) in [6.45, 7) is 5.86. The largest absolute Gasteiger partial charge is 0.466 e. The van der Waals surface area contributed by atoms with Crippen molar-refractivity contribution in [3.05, 3.63) is 52.5 Å². The third-order valence-electron chi connectivity index (χ3n) is 4.29. The van der Waals surface area contributed by atoms with E-state index in [2.05, 4.69) is 11.9 Å². The van der Waals surface area contributed by atoms with Gasteiger partial charge >= 0.3 is 5.97 Å². The molecule has 5 nitrogen and oxygen atoms in total. The maximum absolute atomic E-state index is 12.0. The molecule has 2 atom stereocenters. The van der Waals surface area contributed by atoms with Crippen molar-refractivity contribution in [2.24, 2.45) is 10.9 Å². The first-order valence-electron chi connectivity index (χ1n) is 7.71. The van der Waals surface area contributed by atoms with Gasteiger partial charge in [-0.05, 0) is 44.4 Å². The average molecular weight is 311 g/mol. The number of hydrogen-bond donors (Lipinski definition) is 0. The van der Waals surface area contributed by atoms with Gasteiger partial charge in [-0.1, -0.05) is 6.92 Å². The van der Waals surface area contributed by atoms with E-state index in [-0.39, 0.29) is 11.6 Å². The normalized spacial score (nSPS) is 24.9. The van der Waals surface area contributed by atoms with Crippen molar-refractivity contribution in [2.45, 2.75) is 33.1 Å². The van der Waals surface area contributed by atoms with Gasteiger partial charge in [-0.2, -0.15) is 0 Å². The second-order valence-corrected chi connectivity index (χ2v) is 6.22. The van der Waals surface area contributed by atoms with Crippen molar-refractivity contribution in [1.82, 2.24) is 0 Å². The fourth-order valence-corrected chi connectivity index (χ4v) is 2.87. The molecule has 0 spiro atoms. The fourth-order valence-electron chi connectivity index (χ4n) is 2.87. The molecular weight excluding hydrogens is 294 g/mol. The van der Waals surface area contributed by atoms with E-state index in [1.165, 1.54) is 0 Å². The third-order valence-corrected chi connectivity index (χ3v) is 4.29. The van der Waals surface area contributed by atoms with Crippen molar-refractivity contribution in [2.75, 3.05) is 0 Å². The van der Waals surface area contributed by atoms with Crippen LogP contribution in [-0.2, 0) is 9.53 Å². The van der Waals surface area contributed by atoms with Crippen LogP contribution in [0.2, 0.25) is 0 Å². The summed E-state index contributed by atoms with van der Waals surface area (Å²) in [6, 6.07) is 5.64. The Labute approximate surface area is 133 Å². The van der Waals surface area contributed by atoms with E-state index in [0.717, 1.165) is 17.9 Å². The molecule has 2 aromatic rings. The molecule has 0 bridgehead atoms. The lowest BCUT2D eigenvalue weighted by Gasteiger charge is -1.95. The number of hydrogen-bond acceptors (Lipinski definition) is 5. The molecule has 2 aliphatic rings. The van der Waals surface area contributed by atoms with Crippen molar-refractivity contribution in [3.63, 3.8) is 0 Å². The Bertz CT molecular complexity index is 852. The quantitative estimate of drug-likeness (QED) is 0.636. The number of carbonyl (C=O) groups excluding carboxylic acids is 1. The van der Waals surface area contributed by atoms with Gasteiger partial charge in [0.05, 0.1) is 5.56 Å². The minimum absolute atomic E-state index is 0.239. The third kappa shape index (κ3) is 2.52. The van der Waals surface area contributed by atoms with Gasteiger partial charge in [0.25, 0.3) is 0 Å². The van der Waals surface area contributed by atoms with Crippen molar-refractivity contribution >= 4 is 17.9 Å². The lowest BCUT2D eigenvalue weighted by Crippen LogP contribution is -2.05. The highest BCUT2D eigenvalue weighted by atomic mass is 16.6. The maximum atomic E-state index is 12.0. The van der Waals surface area contributed by atoms with E-state index < -0.39 is 5.97 Å². The van der Waals surface area contributed by atoms with Crippen LogP contribution < -0.4 is 0 Å². The van der Waals surface area contributed by atoms with E-state index in [4.69, 9.17) is 13.6 Å². The van der Waals surface area contributed by atoms with Crippen LogP contribution >= 0.6 is 0 Å². The predicted octanol–water partition coefficient (Wildman–Crippen LogP) is 3.96. The van der Waals surface area contributed by atoms with Gasteiger partial charge in [-0.15, -0.1) is 0 Å². The molecule has 0 amide bonds. The highest BCUT2D eigenvalue weighted by Gasteiger charge is 2.36. The van der Waals surface area contributed by atoms with Crippen molar-refractivity contribution < 1.29 is 18.4 Å². The zero-order valence-corrected chi connectivity index (χ0v) is 13.3. The molecule has 4 rings (SSSR count). The van der Waals surface area contributed by atoms with Crippen LogP contribution in [0.5, 0.6) is 0 Å². The minimum Gasteiger partial charge on any atom is -0.466 e. The van der Waals surface area contributed by atoms with E-state index in [9.17, 15) is 4.79 Å². The number of carbonyl (C=O) groups is 1. The second kappa shape index (κ2) is 4.98. The molecule has 1 aliphatic heterocycles. The summed E-state index contributed by atoms with van der Waals surface area (Å²) in [7, 11) is 0. The van der Waals surface area contributed by atoms with Crippen LogP contribution in [0.25, 0.3) is 6.08 Å². The molecule has 5 heteroatoms. The molecule has 1 saturated carbocycles. The number of esters is 1. The first-order chi connectivity index (χ1) is 11.0. The molecule has 1 aliphatic carbocycles. The van der Waals surface area contributed by atoms with Gasteiger partial charge in [-0.25, -0.2) is 9.79 Å². The van der Waals surface area contributed by atoms with Gasteiger partial charge < -0.3 is 13.6 Å². The Kier molecular flexibility index (Phi) is 3.04. The Morgan fingerprint density at radius 2 is 2.04 bits per heavy atom. The molecule has 2 unspecified atom stereocenters. The SMILES string of the molecule is Cc1cc(C2=N/C(=C\c3ccc(C4CC4C)o3)C(=O)O2)c(C)o1. The summed E-state index contributed by atoms with van der Waals surface area (Å²) in [4.78, 5) is 16.3. The molecule has 23 heavy (non-hydrogen) atoms. The van der Waals surface area contributed by atoms with E-state index in [1.54, 1.807) is 6.08 Å². The molecule has 118 valence electrons. The van der Waals surface area contributed by atoms with Gasteiger partial charge in [0.1, 0.15) is 23.0 Å². The Hall–Kier alpha value is -2.56. The van der Waals surface area contributed by atoms with Gasteiger partial charge in [0, 0.05) is 12.0 Å². The molecule has 0 N–H and O–H groups in total. The van der Waals surface area contributed by atoms with Crippen LogP contribution in [0.3, 0.4) is 0 Å². The first kappa shape index (κ1) is 14.1. The summed E-state index contributed by atoms with van der Waals surface area (Å²) in [5.74, 6) is 4.01. The minimum atomic E-state index is -0.476. The number of ether oxygens (including phenoxy) is 1. The molecule has 0 saturated heterocycles. The number of furan rings is 2. The zero-order chi connectivity index (χ0) is 16.1. The van der Waals surface area contributed by atoms with Crippen LogP contribution in [0.1, 0.15) is 47.9 Å². The lowest BCUT2D eigenvalue weighted by molar-refractivity contribution is -0.129. The van der Waals surface area contributed by atoms with Crippen LogP contribution in [0.4, 0.5) is 0 Å². The monoisotopic (exact) mass is 311 g/mol. The smallest absolute Gasteiger partial charge is 0.363 e. The summed E-state index contributed by atoms with van der Waals surface area (Å²) < 4.78 is 16.5. The highest BCUT2D eigenvalue weighted by Crippen LogP contribution is 2.47. The van der Waals surface area contributed by atoms with Gasteiger partial charge in [0.15, 0.2) is 5.70 Å². The van der Waals surface area contributed by atoms with Crippen LogP contribution in [0, 0.1) is 19.8 Å². The lowest BCUT2D eigenvalue weighted by atomic mass is 10.2. The second-order valence-electron chi connectivity index (χ2n) is 6.22. The molecule has 3 heterocycles. The van der Waals surface area contributed by atoms with E-state index in [1.807, 2.05) is 32.0 Å².